The quantitative estimate of drug-likeness (QED) is 0.799. The zero-order valence-electron chi connectivity index (χ0n) is 15.4. The number of benzene rings is 2. The molecule has 28 heavy (non-hydrogen) atoms. The third-order valence-electron chi connectivity index (χ3n) is 4.44. The van der Waals surface area contributed by atoms with Gasteiger partial charge in [-0.05, 0) is 31.2 Å². The van der Waals surface area contributed by atoms with Gasteiger partial charge in [0.2, 0.25) is 5.91 Å². The number of rotatable bonds is 5. The molecular formula is C21H20N2O5. The molecule has 1 saturated heterocycles. The molecule has 0 spiro atoms. The summed E-state index contributed by atoms with van der Waals surface area (Å²) in [5, 5.41) is 2.16. The van der Waals surface area contributed by atoms with Crippen LogP contribution in [0.2, 0.25) is 0 Å². The minimum Gasteiger partial charge on any atom is -0.455 e. The number of amides is 3. The smallest absolute Gasteiger partial charge is 0.311 e. The molecule has 2 aromatic rings. The summed E-state index contributed by atoms with van der Waals surface area (Å²) >= 11 is 0. The van der Waals surface area contributed by atoms with Crippen molar-refractivity contribution in [2.24, 2.45) is 5.92 Å². The maximum atomic E-state index is 12.2. The molecule has 0 aromatic heterocycles. The molecule has 1 aliphatic heterocycles. The first-order chi connectivity index (χ1) is 13.4. The first kappa shape index (κ1) is 19.3. The fraction of sp³-hybridized carbons (Fsp3) is 0.238. The molecule has 1 heterocycles. The highest BCUT2D eigenvalue weighted by molar-refractivity contribution is 6.05. The molecule has 0 aliphatic carbocycles. The summed E-state index contributed by atoms with van der Waals surface area (Å²) in [5.41, 5.74) is 2.12. The fourth-order valence-corrected chi connectivity index (χ4v) is 2.92. The van der Waals surface area contributed by atoms with E-state index in [1.807, 2.05) is 31.2 Å². The largest absolute Gasteiger partial charge is 0.455 e. The van der Waals surface area contributed by atoms with Gasteiger partial charge < -0.3 is 9.64 Å². The first-order valence-electron chi connectivity index (χ1n) is 8.87. The van der Waals surface area contributed by atoms with Gasteiger partial charge in [-0.15, -0.1) is 0 Å². The van der Waals surface area contributed by atoms with Gasteiger partial charge in [0.25, 0.3) is 11.8 Å². The van der Waals surface area contributed by atoms with Crippen LogP contribution >= 0.6 is 0 Å². The second-order valence-electron chi connectivity index (χ2n) is 6.59. The maximum absolute atomic E-state index is 12.2. The average molecular weight is 380 g/mol. The number of hydrogen-bond donors (Lipinski definition) is 1. The minimum absolute atomic E-state index is 0.0251. The van der Waals surface area contributed by atoms with Crippen molar-refractivity contribution < 1.29 is 23.9 Å². The van der Waals surface area contributed by atoms with Crippen LogP contribution in [0.25, 0.3) is 0 Å². The maximum Gasteiger partial charge on any atom is 0.311 e. The number of carbonyl (C=O) groups excluding carboxylic acids is 4. The Morgan fingerprint density at radius 1 is 1.07 bits per heavy atom. The number of anilines is 1. The number of ether oxygens (including phenoxy) is 1. The SMILES string of the molecule is Cc1ccc(N2C[C@@H](C(=O)OCC(=O)NC(=O)c3ccccc3)CC2=O)cc1. The van der Waals surface area contributed by atoms with Crippen LogP contribution in [0.4, 0.5) is 5.69 Å². The van der Waals surface area contributed by atoms with E-state index in [1.165, 1.54) is 4.90 Å². The van der Waals surface area contributed by atoms with Crippen molar-refractivity contribution in [1.29, 1.82) is 0 Å². The Kier molecular flexibility index (Phi) is 5.84. The van der Waals surface area contributed by atoms with Crippen LogP contribution in [-0.2, 0) is 19.1 Å². The average Bonchev–Trinajstić information content (AvgIpc) is 3.09. The van der Waals surface area contributed by atoms with E-state index in [0.29, 0.717) is 5.56 Å². The summed E-state index contributed by atoms with van der Waals surface area (Å²) in [7, 11) is 0. The standard InChI is InChI=1S/C21H20N2O5/c1-14-7-9-17(10-8-14)23-12-16(11-19(23)25)21(27)28-13-18(24)22-20(26)15-5-3-2-4-6-15/h2-10,16H,11-13H2,1H3,(H,22,24,26)/t16-/m0/s1. The molecule has 1 aliphatic rings. The van der Waals surface area contributed by atoms with Gasteiger partial charge in [0.05, 0.1) is 5.92 Å². The molecular weight excluding hydrogens is 360 g/mol. The first-order valence-corrected chi connectivity index (χ1v) is 8.87. The third kappa shape index (κ3) is 4.62. The summed E-state index contributed by atoms with van der Waals surface area (Å²) < 4.78 is 4.99. The van der Waals surface area contributed by atoms with Crippen LogP contribution in [0.3, 0.4) is 0 Å². The normalized spacial score (nSPS) is 16.0. The van der Waals surface area contributed by atoms with Gasteiger partial charge in [0, 0.05) is 24.2 Å². The van der Waals surface area contributed by atoms with Gasteiger partial charge in [0.1, 0.15) is 0 Å². The Labute approximate surface area is 162 Å². The molecule has 1 fully saturated rings. The third-order valence-corrected chi connectivity index (χ3v) is 4.44. The highest BCUT2D eigenvalue weighted by Crippen LogP contribution is 2.26. The number of esters is 1. The van der Waals surface area contributed by atoms with E-state index in [9.17, 15) is 19.2 Å². The molecule has 7 heteroatoms. The van der Waals surface area contributed by atoms with Gasteiger partial charge in [-0.2, -0.15) is 0 Å². The van der Waals surface area contributed by atoms with Crippen molar-refractivity contribution in [1.82, 2.24) is 5.32 Å². The highest BCUT2D eigenvalue weighted by Gasteiger charge is 2.36. The molecule has 3 rings (SSSR count). The number of imide groups is 1. The van der Waals surface area contributed by atoms with Gasteiger partial charge in [-0.3, -0.25) is 24.5 Å². The van der Waals surface area contributed by atoms with Crippen LogP contribution in [0.15, 0.2) is 54.6 Å². The summed E-state index contributed by atoms with van der Waals surface area (Å²) in [6.07, 6.45) is 0.0251. The van der Waals surface area contributed by atoms with E-state index in [-0.39, 0.29) is 18.9 Å². The predicted octanol–water partition coefficient (Wildman–Crippen LogP) is 1.85. The Morgan fingerprint density at radius 2 is 1.75 bits per heavy atom. The van der Waals surface area contributed by atoms with E-state index in [4.69, 9.17) is 4.74 Å². The Hall–Kier alpha value is -3.48. The van der Waals surface area contributed by atoms with Crippen LogP contribution in [0.1, 0.15) is 22.3 Å². The Morgan fingerprint density at radius 3 is 2.43 bits per heavy atom. The van der Waals surface area contributed by atoms with Crippen LogP contribution in [-0.4, -0.2) is 36.8 Å². The van der Waals surface area contributed by atoms with E-state index in [0.717, 1.165) is 11.3 Å². The molecule has 3 amide bonds. The Balaban J connectivity index is 1.50. The van der Waals surface area contributed by atoms with Crippen LogP contribution < -0.4 is 10.2 Å². The zero-order chi connectivity index (χ0) is 20.1. The number of aryl methyl sites for hydroxylation is 1. The lowest BCUT2D eigenvalue weighted by Gasteiger charge is -2.16. The molecule has 2 aromatic carbocycles. The molecule has 7 nitrogen and oxygen atoms in total. The molecule has 0 radical (unpaired) electrons. The number of hydrogen-bond acceptors (Lipinski definition) is 5. The zero-order valence-corrected chi connectivity index (χ0v) is 15.4. The van der Waals surface area contributed by atoms with Crippen LogP contribution in [0, 0.1) is 12.8 Å². The monoisotopic (exact) mass is 380 g/mol. The van der Waals surface area contributed by atoms with E-state index in [2.05, 4.69) is 5.32 Å². The number of nitrogens with zero attached hydrogens (tertiary/aromatic N) is 1. The fourth-order valence-electron chi connectivity index (χ4n) is 2.92. The number of nitrogens with one attached hydrogen (secondary N) is 1. The summed E-state index contributed by atoms with van der Waals surface area (Å²) in [6.45, 7) is 1.57. The molecule has 144 valence electrons. The lowest BCUT2D eigenvalue weighted by molar-refractivity contribution is -0.152. The highest BCUT2D eigenvalue weighted by atomic mass is 16.5. The minimum atomic E-state index is -0.720. The summed E-state index contributed by atoms with van der Waals surface area (Å²) in [4.78, 5) is 49.7. The van der Waals surface area contributed by atoms with Crippen molar-refractivity contribution in [3.05, 3.63) is 65.7 Å². The Bertz CT molecular complexity index is 893. The van der Waals surface area contributed by atoms with Gasteiger partial charge in [0.15, 0.2) is 6.61 Å². The van der Waals surface area contributed by atoms with E-state index < -0.39 is 30.3 Å². The second-order valence-corrected chi connectivity index (χ2v) is 6.59. The lowest BCUT2D eigenvalue weighted by atomic mass is 10.1. The molecule has 0 unspecified atom stereocenters. The topological polar surface area (TPSA) is 92.8 Å². The van der Waals surface area contributed by atoms with Gasteiger partial charge in [-0.1, -0.05) is 35.9 Å². The lowest BCUT2D eigenvalue weighted by Crippen LogP contribution is -2.35. The van der Waals surface area contributed by atoms with Gasteiger partial charge >= 0.3 is 5.97 Å². The van der Waals surface area contributed by atoms with Crippen LogP contribution in [0.5, 0.6) is 0 Å². The van der Waals surface area contributed by atoms with Crippen molar-refractivity contribution >= 4 is 29.4 Å². The van der Waals surface area contributed by atoms with Gasteiger partial charge in [-0.25, -0.2) is 0 Å². The molecule has 1 N–H and O–H groups in total. The molecule has 1 atom stereocenters. The van der Waals surface area contributed by atoms with Crippen molar-refractivity contribution in [3.63, 3.8) is 0 Å². The van der Waals surface area contributed by atoms with E-state index >= 15 is 0 Å². The second kappa shape index (κ2) is 8.47. The summed E-state index contributed by atoms with van der Waals surface area (Å²) in [5.74, 6) is -2.74. The van der Waals surface area contributed by atoms with Crippen molar-refractivity contribution in [2.45, 2.75) is 13.3 Å². The van der Waals surface area contributed by atoms with E-state index in [1.54, 1.807) is 30.3 Å². The summed E-state index contributed by atoms with van der Waals surface area (Å²) in [6, 6.07) is 15.7. The van der Waals surface area contributed by atoms with Crippen molar-refractivity contribution in [3.8, 4) is 0 Å². The number of carbonyl (C=O) groups is 4. The molecule has 0 bridgehead atoms. The predicted molar refractivity (Wildman–Crippen MR) is 102 cm³/mol. The van der Waals surface area contributed by atoms with Crippen molar-refractivity contribution in [2.75, 3.05) is 18.1 Å². The molecule has 0 saturated carbocycles.